The summed E-state index contributed by atoms with van der Waals surface area (Å²) in [5.41, 5.74) is 4.04. The first-order valence-corrected chi connectivity index (χ1v) is 4.93. The Hall–Kier alpha value is -2.17. The number of aromatic amines is 1. The quantitative estimate of drug-likeness (QED) is 0.593. The third-order valence-corrected chi connectivity index (χ3v) is 2.00. The van der Waals surface area contributed by atoms with Crippen LogP contribution in [0.5, 0.6) is 0 Å². The first-order valence-electron chi connectivity index (χ1n) is 4.93. The average Bonchev–Trinajstić information content (AvgIpc) is 2.26. The molecular weight excluding hydrogens is 204 g/mol. The Morgan fingerprint density at radius 1 is 1.38 bits per heavy atom. The molecule has 2 N–H and O–H groups in total. The lowest BCUT2D eigenvalue weighted by Gasteiger charge is -2.01. The smallest absolute Gasteiger partial charge is 0.260 e. The van der Waals surface area contributed by atoms with Crippen molar-refractivity contribution in [3.05, 3.63) is 34.6 Å². The maximum Gasteiger partial charge on any atom is 0.260 e. The summed E-state index contributed by atoms with van der Waals surface area (Å²) in [5, 5.41) is 4.55. The highest BCUT2D eigenvalue weighted by atomic mass is 16.1. The van der Waals surface area contributed by atoms with Crippen molar-refractivity contribution in [2.24, 2.45) is 5.10 Å². The number of hydrogen-bond acceptors (Lipinski definition) is 4. The summed E-state index contributed by atoms with van der Waals surface area (Å²) >= 11 is 0. The SMILES string of the molecule is CC(C)=NNc1nc2ccccc2c(=O)[nH]1. The Morgan fingerprint density at radius 3 is 2.88 bits per heavy atom. The van der Waals surface area contributed by atoms with Gasteiger partial charge in [-0.15, -0.1) is 0 Å². The predicted octanol–water partition coefficient (Wildman–Crippen LogP) is 1.73. The van der Waals surface area contributed by atoms with E-state index < -0.39 is 0 Å². The third kappa shape index (κ3) is 2.08. The number of aromatic nitrogens is 2. The number of hydrazone groups is 1. The molecule has 0 saturated carbocycles. The summed E-state index contributed by atoms with van der Waals surface area (Å²) < 4.78 is 0. The molecule has 0 radical (unpaired) electrons. The molecule has 2 aromatic rings. The van der Waals surface area contributed by atoms with Gasteiger partial charge in [0.15, 0.2) is 0 Å². The largest absolute Gasteiger partial charge is 0.291 e. The zero-order chi connectivity index (χ0) is 11.5. The second kappa shape index (κ2) is 4.14. The van der Waals surface area contributed by atoms with Crippen molar-refractivity contribution in [1.82, 2.24) is 9.97 Å². The third-order valence-electron chi connectivity index (χ3n) is 2.00. The van der Waals surface area contributed by atoms with Gasteiger partial charge in [-0.05, 0) is 26.0 Å². The Labute approximate surface area is 92.2 Å². The molecular formula is C11H12N4O. The number of nitrogens with zero attached hydrogens (tertiary/aromatic N) is 2. The van der Waals surface area contributed by atoms with Crippen LogP contribution in [-0.2, 0) is 0 Å². The molecule has 0 atom stereocenters. The molecule has 0 aliphatic heterocycles. The van der Waals surface area contributed by atoms with Crippen molar-refractivity contribution in [3.63, 3.8) is 0 Å². The van der Waals surface area contributed by atoms with E-state index in [1.807, 2.05) is 19.9 Å². The molecule has 1 aromatic carbocycles. The van der Waals surface area contributed by atoms with Crippen LogP contribution < -0.4 is 11.0 Å². The van der Waals surface area contributed by atoms with Gasteiger partial charge in [0.1, 0.15) is 0 Å². The molecule has 16 heavy (non-hydrogen) atoms. The van der Waals surface area contributed by atoms with E-state index in [0.717, 1.165) is 5.71 Å². The topological polar surface area (TPSA) is 70.1 Å². The molecule has 1 aromatic heterocycles. The molecule has 0 bridgehead atoms. The molecule has 0 spiro atoms. The first kappa shape index (κ1) is 10.4. The van der Waals surface area contributed by atoms with E-state index in [9.17, 15) is 4.79 Å². The van der Waals surface area contributed by atoms with E-state index in [-0.39, 0.29) is 5.56 Å². The molecule has 0 unspecified atom stereocenters. The van der Waals surface area contributed by atoms with Crippen LogP contribution in [0.2, 0.25) is 0 Å². The molecule has 0 amide bonds. The average molecular weight is 216 g/mol. The van der Waals surface area contributed by atoms with Gasteiger partial charge < -0.3 is 0 Å². The van der Waals surface area contributed by atoms with Crippen molar-refractivity contribution in [2.45, 2.75) is 13.8 Å². The highest BCUT2D eigenvalue weighted by molar-refractivity contribution is 5.80. The van der Waals surface area contributed by atoms with Crippen LogP contribution in [0.25, 0.3) is 10.9 Å². The van der Waals surface area contributed by atoms with Crippen LogP contribution in [-0.4, -0.2) is 15.7 Å². The van der Waals surface area contributed by atoms with Gasteiger partial charge in [0.05, 0.1) is 10.9 Å². The molecule has 5 nitrogen and oxygen atoms in total. The molecule has 0 aliphatic rings. The molecule has 0 saturated heterocycles. The second-order valence-electron chi connectivity index (χ2n) is 3.60. The number of rotatable bonds is 2. The van der Waals surface area contributed by atoms with Gasteiger partial charge in [0.2, 0.25) is 5.95 Å². The Morgan fingerprint density at radius 2 is 2.12 bits per heavy atom. The van der Waals surface area contributed by atoms with Crippen molar-refractivity contribution < 1.29 is 0 Å². The molecule has 0 aliphatic carbocycles. The van der Waals surface area contributed by atoms with E-state index in [4.69, 9.17) is 0 Å². The number of para-hydroxylation sites is 1. The summed E-state index contributed by atoms with van der Waals surface area (Å²) in [6.07, 6.45) is 0. The van der Waals surface area contributed by atoms with Crippen LogP contribution in [0, 0.1) is 0 Å². The standard InChI is InChI=1S/C11H12N4O/c1-7(2)14-15-11-12-9-6-4-3-5-8(9)10(16)13-11/h3-6H,1-2H3,(H2,12,13,15,16). The van der Waals surface area contributed by atoms with E-state index in [0.29, 0.717) is 16.9 Å². The minimum atomic E-state index is -0.169. The van der Waals surface area contributed by atoms with Crippen LogP contribution in [0.15, 0.2) is 34.2 Å². The Balaban J connectivity index is 2.50. The molecule has 0 fully saturated rings. The van der Waals surface area contributed by atoms with E-state index in [1.54, 1.807) is 18.2 Å². The van der Waals surface area contributed by atoms with Gasteiger partial charge in [-0.2, -0.15) is 5.10 Å². The minimum absolute atomic E-state index is 0.169. The van der Waals surface area contributed by atoms with Crippen LogP contribution >= 0.6 is 0 Å². The fourth-order valence-electron chi connectivity index (χ4n) is 1.30. The van der Waals surface area contributed by atoms with Crippen molar-refractivity contribution >= 4 is 22.6 Å². The van der Waals surface area contributed by atoms with Gasteiger partial charge in [0.25, 0.3) is 5.56 Å². The number of hydrogen-bond donors (Lipinski definition) is 2. The highest BCUT2D eigenvalue weighted by Gasteiger charge is 2.01. The van der Waals surface area contributed by atoms with Gasteiger partial charge in [-0.1, -0.05) is 12.1 Å². The Kier molecular flexibility index (Phi) is 2.68. The summed E-state index contributed by atoms with van der Waals surface area (Å²) in [6, 6.07) is 7.17. The van der Waals surface area contributed by atoms with Crippen molar-refractivity contribution in [1.29, 1.82) is 0 Å². The Bertz CT molecular complexity index is 596. The number of benzene rings is 1. The summed E-state index contributed by atoms with van der Waals surface area (Å²) in [4.78, 5) is 18.5. The lowest BCUT2D eigenvalue weighted by Crippen LogP contribution is -2.11. The summed E-state index contributed by atoms with van der Waals surface area (Å²) in [6.45, 7) is 3.71. The maximum absolute atomic E-state index is 11.7. The fourth-order valence-corrected chi connectivity index (χ4v) is 1.30. The number of H-pyrrole nitrogens is 1. The molecule has 2 rings (SSSR count). The lowest BCUT2D eigenvalue weighted by atomic mass is 10.2. The van der Waals surface area contributed by atoms with E-state index in [2.05, 4.69) is 20.5 Å². The molecule has 1 heterocycles. The highest BCUT2D eigenvalue weighted by Crippen LogP contribution is 2.07. The van der Waals surface area contributed by atoms with Gasteiger partial charge >= 0.3 is 0 Å². The van der Waals surface area contributed by atoms with Crippen molar-refractivity contribution in [3.8, 4) is 0 Å². The van der Waals surface area contributed by atoms with Gasteiger partial charge in [-0.3, -0.25) is 9.78 Å². The zero-order valence-corrected chi connectivity index (χ0v) is 9.11. The van der Waals surface area contributed by atoms with Crippen LogP contribution in [0.1, 0.15) is 13.8 Å². The predicted molar refractivity (Wildman–Crippen MR) is 64.8 cm³/mol. The molecule has 82 valence electrons. The minimum Gasteiger partial charge on any atom is -0.291 e. The normalized spacial score (nSPS) is 10.1. The monoisotopic (exact) mass is 216 g/mol. The second-order valence-corrected chi connectivity index (χ2v) is 3.60. The number of anilines is 1. The van der Waals surface area contributed by atoms with Crippen LogP contribution in [0.4, 0.5) is 5.95 Å². The number of nitrogens with one attached hydrogen (secondary N) is 2. The van der Waals surface area contributed by atoms with Gasteiger partial charge in [-0.25, -0.2) is 10.4 Å². The first-order chi connectivity index (χ1) is 7.66. The maximum atomic E-state index is 11.7. The lowest BCUT2D eigenvalue weighted by molar-refractivity contribution is 1.12. The van der Waals surface area contributed by atoms with E-state index in [1.165, 1.54) is 0 Å². The fraction of sp³-hybridized carbons (Fsp3) is 0.182. The van der Waals surface area contributed by atoms with Crippen LogP contribution in [0.3, 0.4) is 0 Å². The van der Waals surface area contributed by atoms with Gasteiger partial charge in [0, 0.05) is 5.71 Å². The summed E-state index contributed by atoms with van der Waals surface area (Å²) in [5.74, 6) is 0.352. The van der Waals surface area contributed by atoms with Crippen molar-refractivity contribution in [2.75, 3.05) is 5.43 Å². The number of fused-ring (bicyclic) bond motifs is 1. The molecule has 5 heteroatoms. The van der Waals surface area contributed by atoms with E-state index >= 15 is 0 Å². The summed E-state index contributed by atoms with van der Waals surface area (Å²) in [7, 11) is 0. The zero-order valence-electron chi connectivity index (χ0n) is 9.11.